The van der Waals surface area contributed by atoms with Gasteiger partial charge in [-0.25, -0.2) is 4.98 Å². The molecule has 0 saturated heterocycles. The van der Waals surface area contributed by atoms with Gasteiger partial charge in [0.15, 0.2) is 11.0 Å². The maximum absolute atomic E-state index is 12.5. The third kappa shape index (κ3) is 3.18. The van der Waals surface area contributed by atoms with Crippen LogP contribution in [-0.4, -0.2) is 19.7 Å². The molecular formula is C15H18N4O2S2. The summed E-state index contributed by atoms with van der Waals surface area (Å²) in [6.07, 6.45) is 0. The minimum atomic E-state index is -0.171. The fourth-order valence-electron chi connectivity index (χ4n) is 2.06. The van der Waals surface area contributed by atoms with Crippen LogP contribution >= 0.6 is 23.1 Å². The van der Waals surface area contributed by atoms with Gasteiger partial charge in [-0.05, 0) is 18.4 Å². The summed E-state index contributed by atoms with van der Waals surface area (Å²) < 4.78 is 7.68. The molecule has 3 rings (SSSR count). The Morgan fingerprint density at radius 3 is 2.78 bits per heavy atom. The predicted molar refractivity (Wildman–Crippen MR) is 92.1 cm³/mol. The van der Waals surface area contributed by atoms with E-state index in [9.17, 15) is 4.79 Å². The zero-order chi connectivity index (χ0) is 16.6. The minimum Gasteiger partial charge on any atom is -0.339 e. The zero-order valence-electron chi connectivity index (χ0n) is 13.5. The van der Waals surface area contributed by atoms with E-state index in [1.807, 2.05) is 39.1 Å². The molecule has 0 fully saturated rings. The van der Waals surface area contributed by atoms with Crippen LogP contribution in [0.4, 0.5) is 0 Å². The van der Waals surface area contributed by atoms with Gasteiger partial charge in [0.2, 0.25) is 5.89 Å². The fourth-order valence-corrected chi connectivity index (χ4v) is 3.74. The third-order valence-corrected chi connectivity index (χ3v) is 5.15. The highest BCUT2D eigenvalue weighted by Crippen LogP contribution is 2.25. The molecule has 6 nitrogen and oxygen atoms in total. The number of thiophene rings is 1. The highest BCUT2D eigenvalue weighted by molar-refractivity contribution is 7.98. The molecule has 0 radical (unpaired) electrons. The molecule has 8 heteroatoms. The first-order valence-corrected chi connectivity index (χ1v) is 9.20. The van der Waals surface area contributed by atoms with Gasteiger partial charge in [0.25, 0.3) is 5.56 Å². The molecule has 0 amide bonds. The lowest BCUT2D eigenvalue weighted by Gasteiger charge is -2.10. The van der Waals surface area contributed by atoms with E-state index in [4.69, 9.17) is 4.52 Å². The molecule has 0 unspecified atom stereocenters. The molecular weight excluding hydrogens is 332 g/mol. The quantitative estimate of drug-likeness (QED) is 0.530. The number of hydrogen-bond acceptors (Lipinski definition) is 7. The molecule has 122 valence electrons. The smallest absolute Gasteiger partial charge is 0.272 e. The summed E-state index contributed by atoms with van der Waals surface area (Å²) in [5.41, 5.74) is 0.587. The molecule has 0 aliphatic heterocycles. The number of hydrogen-bond donors (Lipinski definition) is 0. The van der Waals surface area contributed by atoms with E-state index in [-0.39, 0.29) is 11.0 Å². The predicted octanol–water partition coefficient (Wildman–Crippen LogP) is 3.45. The van der Waals surface area contributed by atoms with E-state index < -0.39 is 0 Å². The van der Waals surface area contributed by atoms with Crippen LogP contribution in [0.25, 0.3) is 10.2 Å². The number of thioether (sulfide) groups is 1. The van der Waals surface area contributed by atoms with Crippen LogP contribution in [-0.2, 0) is 17.7 Å². The van der Waals surface area contributed by atoms with Crippen LogP contribution in [0.3, 0.4) is 0 Å². The van der Waals surface area contributed by atoms with Gasteiger partial charge in [0, 0.05) is 12.0 Å². The van der Waals surface area contributed by atoms with Gasteiger partial charge in [-0.3, -0.25) is 9.36 Å². The van der Waals surface area contributed by atoms with Crippen molar-refractivity contribution in [2.75, 3.05) is 0 Å². The second-order valence-electron chi connectivity index (χ2n) is 6.13. The maximum atomic E-state index is 12.5. The summed E-state index contributed by atoms with van der Waals surface area (Å²) in [5, 5.41) is 6.58. The Morgan fingerprint density at radius 1 is 1.35 bits per heavy atom. The van der Waals surface area contributed by atoms with Gasteiger partial charge in [-0.2, -0.15) is 4.98 Å². The van der Waals surface area contributed by atoms with E-state index in [2.05, 4.69) is 15.1 Å². The van der Waals surface area contributed by atoms with Crippen molar-refractivity contribution < 1.29 is 4.52 Å². The van der Waals surface area contributed by atoms with Crippen LogP contribution in [0.2, 0.25) is 0 Å². The van der Waals surface area contributed by atoms with Crippen molar-refractivity contribution in [2.45, 2.75) is 50.6 Å². The SMILES string of the molecule is CCn1c(SCc2noc(C(C)(C)C)n2)nc2ccsc2c1=O. The molecule has 23 heavy (non-hydrogen) atoms. The number of fused-ring (bicyclic) bond motifs is 1. The van der Waals surface area contributed by atoms with Crippen molar-refractivity contribution in [3.63, 3.8) is 0 Å². The van der Waals surface area contributed by atoms with Crippen LogP contribution in [0.1, 0.15) is 39.4 Å². The lowest BCUT2D eigenvalue weighted by molar-refractivity contribution is 0.319. The van der Waals surface area contributed by atoms with Gasteiger partial charge in [-0.1, -0.05) is 37.7 Å². The lowest BCUT2D eigenvalue weighted by Crippen LogP contribution is -2.21. The molecule has 3 aromatic heterocycles. The van der Waals surface area contributed by atoms with E-state index in [1.54, 1.807) is 4.57 Å². The van der Waals surface area contributed by atoms with Crippen molar-refractivity contribution in [1.29, 1.82) is 0 Å². The first kappa shape index (κ1) is 16.2. The van der Waals surface area contributed by atoms with E-state index >= 15 is 0 Å². The van der Waals surface area contributed by atoms with E-state index in [1.165, 1.54) is 23.1 Å². The van der Waals surface area contributed by atoms with Crippen LogP contribution in [0.5, 0.6) is 0 Å². The molecule has 3 heterocycles. The first-order valence-electron chi connectivity index (χ1n) is 7.34. The first-order chi connectivity index (χ1) is 10.9. The second kappa shape index (κ2) is 6.09. The topological polar surface area (TPSA) is 73.8 Å². The molecule has 3 aromatic rings. The number of aromatic nitrogens is 4. The van der Waals surface area contributed by atoms with Crippen molar-refractivity contribution >= 4 is 33.3 Å². The van der Waals surface area contributed by atoms with E-state index in [0.717, 1.165) is 5.52 Å². The molecule has 0 bridgehead atoms. The average Bonchev–Trinajstić information content (AvgIpc) is 3.13. The molecule has 0 aromatic carbocycles. The maximum Gasteiger partial charge on any atom is 0.272 e. The highest BCUT2D eigenvalue weighted by Gasteiger charge is 2.22. The molecule has 0 aliphatic carbocycles. The van der Waals surface area contributed by atoms with Gasteiger partial charge < -0.3 is 4.52 Å². The monoisotopic (exact) mass is 350 g/mol. The Morgan fingerprint density at radius 2 is 2.13 bits per heavy atom. The molecule has 0 saturated carbocycles. The fraction of sp³-hybridized carbons (Fsp3) is 0.467. The highest BCUT2D eigenvalue weighted by atomic mass is 32.2. The Balaban J connectivity index is 1.87. The Bertz CT molecular complexity index is 889. The summed E-state index contributed by atoms with van der Waals surface area (Å²) in [5.74, 6) is 1.74. The third-order valence-electron chi connectivity index (χ3n) is 3.29. The normalized spacial score (nSPS) is 12.2. The molecule has 0 spiro atoms. The van der Waals surface area contributed by atoms with E-state index in [0.29, 0.717) is 33.9 Å². The largest absolute Gasteiger partial charge is 0.339 e. The second-order valence-corrected chi connectivity index (χ2v) is 7.99. The number of nitrogens with zero attached hydrogens (tertiary/aromatic N) is 4. The van der Waals surface area contributed by atoms with Crippen LogP contribution in [0.15, 0.2) is 25.9 Å². The van der Waals surface area contributed by atoms with Crippen molar-refractivity contribution in [2.24, 2.45) is 0 Å². The summed E-state index contributed by atoms with van der Waals surface area (Å²) in [6.45, 7) is 8.61. The van der Waals surface area contributed by atoms with Crippen molar-refractivity contribution in [3.8, 4) is 0 Å². The summed E-state index contributed by atoms with van der Waals surface area (Å²) in [6, 6.07) is 1.87. The van der Waals surface area contributed by atoms with Crippen molar-refractivity contribution in [1.82, 2.24) is 19.7 Å². The van der Waals surface area contributed by atoms with Gasteiger partial charge >= 0.3 is 0 Å². The Hall–Kier alpha value is -1.67. The summed E-state index contributed by atoms with van der Waals surface area (Å²) >= 11 is 2.88. The molecule has 0 N–H and O–H groups in total. The Labute approximate surface area is 141 Å². The Kier molecular flexibility index (Phi) is 4.29. The van der Waals surface area contributed by atoms with Gasteiger partial charge in [-0.15, -0.1) is 11.3 Å². The van der Waals surface area contributed by atoms with Crippen LogP contribution < -0.4 is 5.56 Å². The number of rotatable bonds is 4. The summed E-state index contributed by atoms with van der Waals surface area (Å²) in [7, 11) is 0. The van der Waals surface area contributed by atoms with Gasteiger partial charge in [0.05, 0.1) is 11.3 Å². The van der Waals surface area contributed by atoms with Crippen LogP contribution in [0, 0.1) is 0 Å². The average molecular weight is 350 g/mol. The molecule has 0 atom stereocenters. The molecule has 0 aliphatic rings. The standard InChI is InChI=1S/C15H18N4O2S2/c1-5-19-12(20)11-9(6-7-22-11)16-14(19)23-8-10-17-13(21-18-10)15(2,3)4/h6-7H,5,8H2,1-4H3. The minimum absolute atomic E-state index is 0.0125. The lowest BCUT2D eigenvalue weighted by atomic mass is 9.97. The van der Waals surface area contributed by atoms with Crippen molar-refractivity contribution in [3.05, 3.63) is 33.5 Å². The summed E-state index contributed by atoms with van der Waals surface area (Å²) in [4.78, 5) is 21.5. The van der Waals surface area contributed by atoms with Gasteiger partial charge in [0.1, 0.15) is 4.70 Å². The zero-order valence-corrected chi connectivity index (χ0v) is 15.1.